The predicted octanol–water partition coefficient (Wildman–Crippen LogP) is 11.2. The van der Waals surface area contributed by atoms with E-state index in [0.717, 1.165) is 65.7 Å². The topological polar surface area (TPSA) is 44.9 Å². The van der Waals surface area contributed by atoms with Crippen LogP contribution in [-0.4, -0.2) is 19.3 Å². The monoisotopic (exact) mass is 839 g/mol. The number of benzene rings is 4. The molecule has 0 unspecified atom stereocenters. The van der Waals surface area contributed by atoms with Crippen molar-refractivity contribution in [2.75, 3.05) is 0 Å². The van der Waals surface area contributed by atoms with Crippen LogP contribution in [0.3, 0.4) is 0 Å². The van der Waals surface area contributed by atoms with Gasteiger partial charge in [-0.05, 0) is 70.6 Å². The molecule has 0 fully saturated rings. The Hall–Kier alpha value is -4.47. The normalized spacial score (nSPS) is 11.6. The van der Waals surface area contributed by atoms with Crippen molar-refractivity contribution in [3.05, 3.63) is 132 Å². The first-order valence-electron chi connectivity index (χ1n) is 17.6. The molecule has 256 valence electrons. The van der Waals surface area contributed by atoms with Gasteiger partial charge in [0.2, 0.25) is 0 Å². The zero-order valence-electron chi connectivity index (χ0n) is 29.8. The zero-order chi connectivity index (χ0) is 34.1. The van der Waals surface area contributed by atoms with Crippen molar-refractivity contribution in [3.8, 4) is 34.1 Å². The Morgan fingerprint density at radius 3 is 2.28 bits per heavy atom. The molecular weight excluding hydrogens is 796 g/mol. The van der Waals surface area contributed by atoms with Gasteiger partial charge in [-0.15, -0.1) is 35.7 Å². The molecule has 0 amide bonds. The van der Waals surface area contributed by atoms with Gasteiger partial charge in [-0.2, -0.15) is 17.2 Å². The summed E-state index contributed by atoms with van der Waals surface area (Å²) < 4.78 is 10.8. The number of hydrogen-bond donors (Lipinski definition) is 0. The molecule has 0 atom stereocenters. The van der Waals surface area contributed by atoms with E-state index in [1.807, 2.05) is 24.4 Å². The second-order valence-electron chi connectivity index (χ2n) is 13.8. The number of nitrogens with zero attached hydrogens (tertiary/aromatic N) is 4. The third-order valence-corrected chi connectivity index (χ3v) is 9.25. The van der Waals surface area contributed by atoms with Gasteiger partial charge in [-0.1, -0.05) is 102 Å². The maximum atomic E-state index is 6.54. The van der Waals surface area contributed by atoms with Crippen molar-refractivity contribution >= 4 is 21.8 Å². The largest absolute Gasteiger partial charge is 2.00 e. The van der Waals surface area contributed by atoms with E-state index >= 15 is 0 Å². The maximum Gasteiger partial charge on any atom is 2.00 e. The minimum absolute atomic E-state index is 0. The summed E-state index contributed by atoms with van der Waals surface area (Å²) >= 11 is 0. The van der Waals surface area contributed by atoms with Crippen molar-refractivity contribution in [3.63, 3.8) is 0 Å². The molecule has 50 heavy (non-hydrogen) atoms. The molecule has 0 radical (unpaired) electrons. The molecule has 0 N–H and O–H groups in total. The van der Waals surface area contributed by atoms with Crippen LogP contribution >= 0.6 is 0 Å². The fourth-order valence-electron chi connectivity index (χ4n) is 6.75. The molecule has 0 aliphatic rings. The fourth-order valence-corrected chi connectivity index (χ4v) is 6.75. The van der Waals surface area contributed by atoms with Crippen LogP contribution in [0.4, 0.5) is 0 Å². The van der Waals surface area contributed by atoms with Gasteiger partial charge >= 0.3 is 21.1 Å². The predicted molar refractivity (Wildman–Crippen MR) is 201 cm³/mol. The van der Waals surface area contributed by atoms with E-state index in [-0.39, 0.29) is 26.5 Å². The first-order chi connectivity index (χ1) is 23.8. The number of hydrogen-bond acceptors (Lipinski definition) is 3. The minimum Gasteiger partial charge on any atom is -0.509 e. The summed E-state index contributed by atoms with van der Waals surface area (Å²) in [5, 5.41) is 7.48. The molecular formula is C44H44N4OPt. The van der Waals surface area contributed by atoms with Crippen molar-refractivity contribution < 1.29 is 25.8 Å². The summed E-state index contributed by atoms with van der Waals surface area (Å²) in [6.45, 7) is 13.3. The number of fused-ring (bicyclic) bond motifs is 3. The molecule has 0 aliphatic heterocycles. The number of pyridine rings is 1. The first-order valence-corrected chi connectivity index (χ1v) is 17.6. The smallest absolute Gasteiger partial charge is 0.509 e. The zero-order valence-corrected chi connectivity index (χ0v) is 32.1. The van der Waals surface area contributed by atoms with Gasteiger partial charge in [0.15, 0.2) is 0 Å². The van der Waals surface area contributed by atoms with Crippen molar-refractivity contribution in [2.24, 2.45) is 0 Å². The summed E-state index contributed by atoms with van der Waals surface area (Å²) in [4.78, 5) is 4.85. The number of rotatable bonds is 10. The van der Waals surface area contributed by atoms with Crippen LogP contribution in [0.2, 0.25) is 0 Å². The standard InChI is InChI=1S/C44H44N4O.Pt/c1-7-14-38-43(31-16-11-10-12-17-31)40(15-8-2)48(46-38)33-18-13-19-34(28-33)49-35-21-22-36-37-26-30(9-3)20-23-39(37)47(41(36)29-35)42-27-32(24-25-45-42)44(4,5)6;/h10-13,16-27H,7-9,14-15H2,1-6H3;/q-2;+2. The van der Waals surface area contributed by atoms with Crippen LogP contribution in [-0.2, 0) is 45.7 Å². The number of aromatic nitrogens is 4. The van der Waals surface area contributed by atoms with E-state index in [4.69, 9.17) is 14.8 Å². The number of aryl methyl sites for hydroxylation is 2. The van der Waals surface area contributed by atoms with Crippen LogP contribution in [0.15, 0.2) is 97.2 Å². The summed E-state index contributed by atoms with van der Waals surface area (Å²) in [7, 11) is 0. The minimum atomic E-state index is -0.00456. The van der Waals surface area contributed by atoms with Crippen LogP contribution < -0.4 is 4.74 Å². The van der Waals surface area contributed by atoms with Crippen LogP contribution in [0.5, 0.6) is 11.5 Å². The molecule has 3 aromatic heterocycles. The second-order valence-corrected chi connectivity index (χ2v) is 13.8. The summed E-state index contributed by atoms with van der Waals surface area (Å²) in [5.74, 6) is 2.12. The summed E-state index contributed by atoms with van der Waals surface area (Å²) in [5.41, 5.74) is 10.2. The third-order valence-electron chi connectivity index (χ3n) is 9.25. The maximum absolute atomic E-state index is 6.54. The molecule has 5 nitrogen and oxygen atoms in total. The van der Waals surface area contributed by atoms with Gasteiger partial charge in [-0.25, -0.2) is 4.98 Å². The van der Waals surface area contributed by atoms with Gasteiger partial charge in [0.25, 0.3) is 0 Å². The molecule has 0 bridgehead atoms. The van der Waals surface area contributed by atoms with E-state index in [1.54, 1.807) is 0 Å². The molecule has 4 aromatic carbocycles. The van der Waals surface area contributed by atoms with E-state index < -0.39 is 0 Å². The molecule has 7 rings (SSSR count). The molecule has 0 saturated heterocycles. The van der Waals surface area contributed by atoms with Gasteiger partial charge in [0.1, 0.15) is 5.82 Å². The van der Waals surface area contributed by atoms with Crippen LogP contribution in [0.25, 0.3) is 44.4 Å². The first kappa shape index (κ1) is 35.4. The van der Waals surface area contributed by atoms with E-state index in [2.05, 4.69) is 136 Å². The Kier molecular flexibility index (Phi) is 10.5. The average molecular weight is 840 g/mol. The number of ether oxygens (including phenoxy) is 1. The van der Waals surface area contributed by atoms with Gasteiger partial charge in [0.05, 0.1) is 5.69 Å². The quantitative estimate of drug-likeness (QED) is 0.129. The molecule has 0 aliphatic carbocycles. The van der Waals surface area contributed by atoms with Crippen LogP contribution in [0, 0.1) is 12.1 Å². The third kappa shape index (κ3) is 6.81. The van der Waals surface area contributed by atoms with Crippen molar-refractivity contribution in [2.45, 2.75) is 79.1 Å². The average Bonchev–Trinajstić information content (AvgIpc) is 3.63. The Labute approximate surface area is 310 Å². The van der Waals surface area contributed by atoms with Gasteiger partial charge < -0.3 is 9.30 Å². The van der Waals surface area contributed by atoms with Crippen LogP contribution in [0.1, 0.15) is 76.9 Å². The van der Waals surface area contributed by atoms with Gasteiger partial charge in [-0.3, -0.25) is 4.68 Å². The molecule has 0 spiro atoms. The Bertz CT molecular complexity index is 2260. The Morgan fingerprint density at radius 1 is 0.760 bits per heavy atom. The van der Waals surface area contributed by atoms with E-state index in [9.17, 15) is 0 Å². The Balaban J connectivity index is 0.00000432. The van der Waals surface area contributed by atoms with Crippen molar-refractivity contribution in [1.29, 1.82) is 0 Å². The SMILES string of the molecule is CCCc1nn(-c2[c-]c(Oc3[c-]c4c(cc3)c3cc(CC)ccc3n4-c3cc(C(C)(C)C)ccn3)ccc2)c(CCC)c1-c1ccccc1.[Pt+2]. The Morgan fingerprint density at radius 2 is 1.54 bits per heavy atom. The molecule has 6 heteroatoms. The molecule has 0 saturated carbocycles. The second kappa shape index (κ2) is 14.8. The summed E-state index contributed by atoms with van der Waals surface area (Å²) in [6.07, 6.45) is 6.76. The van der Waals surface area contributed by atoms with E-state index in [1.165, 1.54) is 33.3 Å². The van der Waals surface area contributed by atoms with E-state index in [0.29, 0.717) is 11.5 Å². The molecule has 3 heterocycles. The molecule has 7 aromatic rings. The summed E-state index contributed by atoms with van der Waals surface area (Å²) in [6, 6.07) is 39.0. The van der Waals surface area contributed by atoms with Gasteiger partial charge in [0, 0.05) is 34.5 Å². The fraction of sp³-hybridized carbons (Fsp3) is 0.273. The van der Waals surface area contributed by atoms with Crippen molar-refractivity contribution in [1.82, 2.24) is 19.3 Å².